The monoisotopic (exact) mass is 861 g/mol. The molecule has 59 heavy (non-hydrogen) atoms. The quantitative estimate of drug-likeness (QED) is 0.0149. The third-order valence-electron chi connectivity index (χ3n) is 10.7. The number of aliphatic hydroxyl groups excluding tert-OH is 5. The van der Waals surface area contributed by atoms with Crippen LogP contribution in [0.5, 0.6) is 0 Å². The summed E-state index contributed by atoms with van der Waals surface area (Å²) in [4.78, 5) is 23.1. The molecule has 1 saturated carbocycles. The van der Waals surface area contributed by atoms with E-state index in [2.05, 4.69) is 50.3 Å². The summed E-state index contributed by atoms with van der Waals surface area (Å²) in [5.41, 5.74) is 0. The third-order valence-corrected chi connectivity index (χ3v) is 11.7. The molecule has 6 N–H and O–H groups in total. The molecule has 1 aliphatic carbocycles. The molecule has 1 aliphatic rings. The Morgan fingerprint density at radius 3 is 1.47 bits per heavy atom. The molecule has 1 rings (SSSR count). The van der Waals surface area contributed by atoms with E-state index >= 15 is 0 Å². The Morgan fingerprint density at radius 2 is 0.949 bits per heavy atom. The number of carbonyl (C=O) groups excluding carboxylic acids is 1. The lowest BCUT2D eigenvalue weighted by Crippen LogP contribution is -2.64. The number of hydrogen-bond donors (Lipinski definition) is 6. The Morgan fingerprint density at radius 1 is 0.542 bits per heavy atom. The molecule has 6 atom stereocenters. The van der Waals surface area contributed by atoms with E-state index in [1.807, 2.05) is 0 Å². The zero-order chi connectivity index (χ0) is 43.4. The second kappa shape index (κ2) is 37.1. The predicted octanol–water partition coefficient (Wildman–Crippen LogP) is 9.48. The summed E-state index contributed by atoms with van der Waals surface area (Å²) in [6.07, 6.45) is 30.7. The van der Waals surface area contributed by atoms with E-state index in [4.69, 9.17) is 18.5 Å². The molecule has 12 nitrogen and oxygen atoms in total. The molecular weight excluding hydrogens is 775 g/mol. The molecular formula is C46H85O12P. The predicted molar refractivity (Wildman–Crippen MR) is 235 cm³/mol. The van der Waals surface area contributed by atoms with Crippen molar-refractivity contribution < 1.29 is 58.3 Å². The fourth-order valence-corrected chi connectivity index (χ4v) is 7.94. The van der Waals surface area contributed by atoms with Gasteiger partial charge in [0.05, 0.1) is 13.2 Å². The highest BCUT2D eigenvalue weighted by Crippen LogP contribution is 2.47. The lowest BCUT2D eigenvalue weighted by Gasteiger charge is -2.41. The van der Waals surface area contributed by atoms with Crippen molar-refractivity contribution in [2.75, 3.05) is 19.8 Å². The van der Waals surface area contributed by atoms with Crippen LogP contribution < -0.4 is 0 Å². The van der Waals surface area contributed by atoms with Gasteiger partial charge in [0, 0.05) is 13.0 Å². The number of phosphoric ester groups is 1. The van der Waals surface area contributed by atoms with Crippen LogP contribution in [0.3, 0.4) is 0 Å². The van der Waals surface area contributed by atoms with E-state index in [1.165, 1.54) is 83.5 Å². The summed E-state index contributed by atoms with van der Waals surface area (Å²) >= 11 is 0. The average molecular weight is 861 g/mol. The van der Waals surface area contributed by atoms with Crippen molar-refractivity contribution in [1.29, 1.82) is 0 Å². The van der Waals surface area contributed by atoms with E-state index in [0.29, 0.717) is 13.0 Å². The number of aliphatic hydroxyl groups is 5. The van der Waals surface area contributed by atoms with Crippen LogP contribution in [0.2, 0.25) is 0 Å². The smallest absolute Gasteiger partial charge is 0.457 e. The molecule has 0 bridgehead atoms. The SMILES string of the molecule is CCCCC/C=C\C/C=C\CCCCCCCC(=O)OC(COCCCCCCCC/C=C\CCCCCCCCC)COP(=O)(O)OC1C(O)C(O)C(O)C(O)C1O. The maximum absolute atomic E-state index is 12.8. The zero-order valence-electron chi connectivity index (χ0n) is 36.8. The summed E-state index contributed by atoms with van der Waals surface area (Å²) in [5, 5.41) is 50.2. The average Bonchev–Trinajstić information content (AvgIpc) is 3.22. The van der Waals surface area contributed by atoms with E-state index < -0.39 is 63.1 Å². The van der Waals surface area contributed by atoms with Crippen molar-refractivity contribution in [2.24, 2.45) is 0 Å². The molecule has 0 radical (unpaired) electrons. The third kappa shape index (κ3) is 29.5. The van der Waals surface area contributed by atoms with Crippen molar-refractivity contribution in [1.82, 2.24) is 0 Å². The van der Waals surface area contributed by atoms with Crippen LogP contribution in [0.1, 0.15) is 187 Å². The van der Waals surface area contributed by atoms with Gasteiger partial charge < -0.3 is 39.9 Å². The number of hydrogen-bond acceptors (Lipinski definition) is 11. The van der Waals surface area contributed by atoms with Gasteiger partial charge in [0.15, 0.2) is 0 Å². The van der Waals surface area contributed by atoms with Crippen LogP contribution in [0, 0.1) is 0 Å². The minimum atomic E-state index is -5.02. The number of allylic oxidation sites excluding steroid dienone is 6. The van der Waals surface area contributed by atoms with Crippen molar-refractivity contribution in [3.05, 3.63) is 36.5 Å². The van der Waals surface area contributed by atoms with Gasteiger partial charge in [-0.2, -0.15) is 0 Å². The summed E-state index contributed by atoms with van der Waals surface area (Å²) in [5.74, 6) is -0.493. The molecule has 0 aliphatic heterocycles. The topological polar surface area (TPSA) is 192 Å². The number of ether oxygens (including phenoxy) is 2. The molecule has 0 amide bonds. The van der Waals surface area contributed by atoms with Gasteiger partial charge in [0.1, 0.15) is 42.7 Å². The maximum atomic E-state index is 12.8. The molecule has 0 heterocycles. The zero-order valence-corrected chi connectivity index (χ0v) is 37.7. The number of esters is 1. The van der Waals surface area contributed by atoms with Crippen molar-refractivity contribution in [2.45, 2.75) is 230 Å². The van der Waals surface area contributed by atoms with Crippen LogP contribution in [-0.2, 0) is 27.9 Å². The highest BCUT2D eigenvalue weighted by atomic mass is 31.2. The number of rotatable bonds is 39. The molecule has 0 aromatic heterocycles. The first-order chi connectivity index (χ1) is 28.5. The van der Waals surface area contributed by atoms with Crippen LogP contribution in [-0.4, -0.2) is 98.9 Å². The Labute approximate surface area is 357 Å². The van der Waals surface area contributed by atoms with Crippen molar-refractivity contribution in [3.8, 4) is 0 Å². The second-order valence-electron chi connectivity index (χ2n) is 16.2. The first kappa shape index (κ1) is 55.6. The molecule has 0 aromatic carbocycles. The standard InChI is InChI=1S/C46H85O12P/c1-3-5-7-9-11-13-15-17-19-20-22-24-26-28-30-32-34-36-55-37-39(38-56-59(53,54)58-46-44(51)42(49)41(48)43(50)45(46)52)57-40(47)35-33-31-29-27-25-23-21-18-16-14-12-10-8-6-4-2/h12,14,18-21,39,41-46,48-52H,3-11,13,15-17,22-38H2,1-2H3,(H,53,54)/b14-12-,20-19-,21-18-. The van der Waals surface area contributed by atoms with Crippen LogP contribution in [0.4, 0.5) is 0 Å². The van der Waals surface area contributed by atoms with Gasteiger partial charge in [-0.05, 0) is 70.6 Å². The second-order valence-corrected chi connectivity index (χ2v) is 17.7. The van der Waals surface area contributed by atoms with Crippen LogP contribution >= 0.6 is 7.82 Å². The van der Waals surface area contributed by atoms with E-state index in [9.17, 15) is 39.8 Å². The molecule has 6 unspecified atom stereocenters. The number of phosphoric acid groups is 1. The molecule has 0 spiro atoms. The van der Waals surface area contributed by atoms with Gasteiger partial charge in [-0.1, -0.05) is 147 Å². The Hall–Kier alpha value is -1.44. The molecule has 0 saturated heterocycles. The van der Waals surface area contributed by atoms with E-state index in [1.54, 1.807) is 0 Å². The van der Waals surface area contributed by atoms with Gasteiger partial charge in [-0.25, -0.2) is 4.57 Å². The molecule has 0 aromatic rings. The molecule has 1 fully saturated rings. The molecule has 346 valence electrons. The van der Waals surface area contributed by atoms with Crippen LogP contribution in [0.25, 0.3) is 0 Å². The summed E-state index contributed by atoms with van der Waals surface area (Å²) in [6, 6.07) is 0. The minimum Gasteiger partial charge on any atom is -0.457 e. The van der Waals surface area contributed by atoms with Gasteiger partial charge in [0.2, 0.25) is 0 Å². The normalized spacial score (nSPS) is 22.8. The van der Waals surface area contributed by atoms with Gasteiger partial charge in [-0.3, -0.25) is 13.8 Å². The number of carbonyl (C=O) groups is 1. The van der Waals surface area contributed by atoms with Gasteiger partial charge >= 0.3 is 13.8 Å². The Balaban J connectivity index is 2.41. The first-order valence-electron chi connectivity index (χ1n) is 23.3. The van der Waals surface area contributed by atoms with Crippen molar-refractivity contribution in [3.63, 3.8) is 0 Å². The maximum Gasteiger partial charge on any atom is 0.472 e. The highest BCUT2D eigenvalue weighted by molar-refractivity contribution is 7.47. The fraction of sp³-hybridized carbons (Fsp3) is 0.848. The van der Waals surface area contributed by atoms with Crippen LogP contribution in [0.15, 0.2) is 36.5 Å². The Kier molecular flexibility index (Phi) is 35.0. The number of unbranched alkanes of at least 4 members (excludes halogenated alkanes) is 21. The lowest BCUT2D eigenvalue weighted by atomic mass is 9.85. The molecule has 13 heteroatoms. The largest absolute Gasteiger partial charge is 0.472 e. The fourth-order valence-electron chi connectivity index (χ4n) is 6.97. The van der Waals surface area contributed by atoms with Crippen molar-refractivity contribution >= 4 is 13.8 Å². The summed E-state index contributed by atoms with van der Waals surface area (Å²) in [6.45, 7) is 4.20. The van der Waals surface area contributed by atoms with Gasteiger partial charge in [-0.15, -0.1) is 0 Å². The lowest BCUT2D eigenvalue weighted by molar-refractivity contribution is -0.220. The van der Waals surface area contributed by atoms with E-state index in [-0.39, 0.29) is 13.0 Å². The first-order valence-corrected chi connectivity index (χ1v) is 24.8. The minimum absolute atomic E-state index is 0.0859. The summed E-state index contributed by atoms with van der Waals surface area (Å²) < 4.78 is 34.2. The van der Waals surface area contributed by atoms with Gasteiger partial charge in [0.25, 0.3) is 0 Å². The highest BCUT2D eigenvalue weighted by Gasteiger charge is 2.51. The summed E-state index contributed by atoms with van der Waals surface area (Å²) in [7, 11) is -5.02. The van der Waals surface area contributed by atoms with E-state index in [0.717, 1.165) is 77.0 Å². The Bertz CT molecular complexity index is 1120.